The first-order chi connectivity index (χ1) is 27.8. The van der Waals surface area contributed by atoms with Crippen molar-refractivity contribution in [1.82, 2.24) is 14.5 Å². The molecule has 0 saturated heterocycles. The molecule has 0 aliphatic carbocycles. The second kappa shape index (κ2) is 13.2. The van der Waals surface area contributed by atoms with Gasteiger partial charge in [-0.15, -0.1) is 0 Å². The molecule has 4 nitrogen and oxygen atoms in total. The minimum absolute atomic E-state index is 0.329. The standard InChI is InChI=1S/C52H36N4/c1-4-14-35(15-5-1)39-30-40(36-16-6-2-7-17-36)32-41(31-39)47-28-29-53-52(54-47)56-49-23-13-11-21-44(49)46-34-38(25-27-51(46)56)37-24-26-50-45(33-37)43-20-10-12-22-48(43)55(50)42-18-8-3-9-19-42/h1-34,52-53H. The summed E-state index contributed by atoms with van der Waals surface area (Å²) in [5.41, 5.74) is 14.9. The van der Waals surface area contributed by atoms with Crippen molar-refractivity contribution in [1.29, 1.82) is 0 Å². The van der Waals surface area contributed by atoms with E-state index in [0.29, 0.717) is 0 Å². The van der Waals surface area contributed by atoms with E-state index in [1.165, 1.54) is 66.0 Å². The van der Waals surface area contributed by atoms with Gasteiger partial charge in [-0.1, -0.05) is 127 Å². The van der Waals surface area contributed by atoms with Gasteiger partial charge in [0.05, 0.1) is 27.8 Å². The van der Waals surface area contributed by atoms with E-state index in [1.54, 1.807) is 0 Å². The molecule has 1 N–H and O–H groups in total. The van der Waals surface area contributed by atoms with E-state index >= 15 is 0 Å². The van der Waals surface area contributed by atoms with Crippen LogP contribution >= 0.6 is 0 Å². The van der Waals surface area contributed by atoms with E-state index in [2.05, 4.69) is 215 Å². The van der Waals surface area contributed by atoms with Gasteiger partial charge in [0.25, 0.3) is 0 Å². The summed E-state index contributed by atoms with van der Waals surface area (Å²) in [6.45, 7) is 0. The largest absolute Gasteiger partial charge is 0.353 e. The lowest BCUT2D eigenvalue weighted by molar-refractivity contribution is 0.499. The first kappa shape index (κ1) is 32.0. The molecule has 0 saturated carbocycles. The van der Waals surface area contributed by atoms with Crippen LogP contribution in [0, 0.1) is 0 Å². The van der Waals surface area contributed by atoms with Crippen LogP contribution in [0.15, 0.2) is 211 Å². The molecule has 1 unspecified atom stereocenters. The number of rotatable bonds is 6. The molecule has 0 radical (unpaired) electrons. The number of aliphatic imine (C=N–C) groups is 1. The molecule has 56 heavy (non-hydrogen) atoms. The molecule has 0 spiro atoms. The van der Waals surface area contributed by atoms with Crippen LogP contribution in [0.3, 0.4) is 0 Å². The van der Waals surface area contributed by atoms with Crippen LogP contribution in [-0.4, -0.2) is 14.8 Å². The second-order valence-electron chi connectivity index (χ2n) is 14.5. The van der Waals surface area contributed by atoms with Crippen LogP contribution < -0.4 is 5.32 Å². The van der Waals surface area contributed by atoms with Crippen molar-refractivity contribution in [2.45, 2.75) is 6.29 Å². The Labute approximate surface area is 324 Å². The summed E-state index contributed by atoms with van der Waals surface area (Å²) >= 11 is 0. The quantitative estimate of drug-likeness (QED) is 0.183. The number of hydrogen-bond acceptors (Lipinski definition) is 2. The van der Waals surface area contributed by atoms with E-state index in [1.807, 2.05) is 6.20 Å². The van der Waals surface area contributed by atoms with Gasteiger partial charge in [-0.25, -0.2) is 4.99 Å². The summed E-state index contributed by atoms with van der Waals surface area (Å²) in [5, 5.41) is 8.50. The third-order valence-electron chi connectivity index (χ3n) is 11.2. The van der Waals surface area contributed by atoms with Gasteiger partial charge in [0, 0.05) is 39.0 Å². The Bertz CT molecular complexity index is 3090. The number of aromatic nitrogens is 2. The molecule has 4 heteroatoms. The van der Waals surface area contributed by atoms with E-state index in [4.69, 9.17) is 4.99 Å². The Kier molecular flexibility index (Phi) is 7.52. The van der Waals surface area contributed by atoms with Gasteiger partial charge in [0.15, 0.2) is 0 Å². The van der Waals surface area contributed by atoms with E-state index in [0.717, 1.165) is 28.0 Å². The fraction of sp³-hybridized carbons (Fsp3) is 0.0192. The highest BCUT2D eigenvalue weighted by molar-refractivity contribution is 6.13. The van der Waals surface area contributed by atoms with Crippen molar-refractivity contribution >= 4 is 49.3 Å². The van der Waals surface area contributed by atoms with Crippen LogP contribution in [0.5, 0.6) is 0 Å². The van der Waals surface area contributed by atoms with Crippen molar-refractivity contribution in [3.05, 3.63) is 212 Å². The highest BCUT2D eigenvalue weighted by Crippen LogP contribution is 2.39. The van der Waals surface area contributed by atoms with Gasteiger partial charge >= 0.3 is 0 Å². The summed E-state index contributed by atoms with van der Waals surface area (Å²) in [5.74, 6) is 0. The van der Waals surface area contributed by atoms with Crippen LogP contribution in [0.25, 0.3) is 82.7 Å². The maximum atomic E-state index is 5.41. The van der Waals surface area contributed by atoms with Gasteiger partial charge in [0.1, 0.15) is 0 Å². The maximum Gasteiger partial charge on any atom is 0.201 e. The minimum atomic E-state index is -0.329. The summed E-state index contributed by atoms with van der Waals surface area (Å²) in [6, 6.07) is 69.8. The van der Waals surface area contributed by atoms with Crippen LogP contribution in [0.2, 0.25) is 0 Å². The van der Waals surface area contributed by atoms with Gasteiger partial charge in [0.2, 0.25) is 6.29 Å². The number of nitrogens with one attached hydrogen (secondary N) is 1. The van der Waals surface area contributed by atoms with E-state index in [9.17, 15) is 0 Å². The second-order valence-corrected chi connectivity index (χ2v) is 14.5. The molecule has 8 aromatic carbocycles. The molecule has 1 aliphatic rings. The molecule has 10 aromatic rings. The molecular weight excluding hydrogens is 681 g/mol. The van der Waals surface area contributed by atoms with Gasteiger partial charge < -0.3 is 14.5 Å². The summed E-state index contributed by atoms with van der Waals surface area (Å²) in [6.07, 6.45) is 3.80. The predicted octanol–water partition coefficient (Wildman–Crippen LogP) is 13.0. The number of allylic oxidation sites excluding steroid dienone is 1. The van der Waals surface area contributed by atoms with Gasteiger partial charge in [-0.3, -0.25) is 0 Å². The Morgan fingerprint density at radius 3 is 1.52 bits per heavy atom. The fourth-order valence-corrected chi connectivity index (χ4v) is 8.55. The number of nitrogens with zero attached hydrogens (tertiary/aromatic N) is 3. The lowest BCUT2D eigenvalue weighted by Gasteiger charge is -2.23. The fourth-order valence-electron chi connectivity index (χ4n) is 8.55. The molecule has 1 atom stereocenters. The number of fused-ring (bicyclic) bond motifs is 6. The lowest BCUT2D eigenvalue weighted by atomic mass is 9.94. The Balaban J connectivity index is 1.03. The van der Waals surface area contributed by atoms with Crippen LogP contribution in [0.4, 0.5) is 0 Å². The van der Waals surface area contributed by atoms with Crippen molar-refractivity contribution < 1.29 is 0 Å². The average molecular weight is 717 g/mol. The highest BCUT2D eigenvalue weighted by atomic mass is 15.3. The third-order valence-corrected chi connectivity index (χ3v) is 11.2. The summed E-state index contributed by atoms with van der Waals surface area (Å²) in [7, 11) is 0. The number of para-hydroxylation sites is 3. The topological polar surface area (TPSA) is 34.2 Å². The molecule has 3 heterocycles. The highest BCUT2D eigenvalue weighted by Gasteiger charge is 2.21. The first-order valence-corrected chi connectivity index (χ1v) is 19.2. The lowest BCUT2D eigenvalue weighted by Crippen LogP contribution is -2.25. The van der Waals surface area contributed by atoms with Gasteiger partial charge in [-0.2, -0.15) is 0 Å². The zero-order chi connectivity index (χ0) is 37.0. The first-order valence-electron chi connectivity index (χ1n) is 19.2. The van der Waals surface area contributed by atoms with Crippen molar-refractivity contribution in [3.8, 4) is 39.1 Å². The number of benzene rings is 8. The van der Waals surface area contributed by atoms with Gasteiger partial charge in [-0.05, 0) is 106 Å². The van der Waals surface area contributed by atoms with Crippen molar-refractivity contribution in [2.24, 2.45) is 4.99 Å². The zero-order valence-corrected chi connectivity index (χ0v) is 30.5. The van der Waals surface area contributed by atoms with Crippen molar-refractivity contribution in [3.63, 3.8) is 0 Å². The van der Waals surface area contributed by atoms with Crippen molar-refractivity contribution in [2.75, 3.05) is 0 Å². The molecular formula is C52H36N4. The maximum absolute atomic E-state index is 5.41. The SMILES string of the molecule is C1=CC(c2cc(-c3ccccc3)cc(-c3ccccc3)c2)=NC(n2c3ccccc3c3cc(-c4ccc5c(c4)c4ccccc4n5-c4ccccc4)ccc32)N1. The molecule has 0 amide bonds. The Morgan fingerprint density at radius 1 is 0.375 bits per heavy atom. The zero-order valence-electron chi connectivity index (χ0n) is 30.5. The molecule has 264 valence electrons. The molecule has 11 rings (SSSR count). The minimum Gasteiger partial charge on any atom is -0.353 e. The Morgan fingerprint density at radius 2 is 0.857 bits per heavy atom. The summed E-state index contributed by atoms with van der Waals surface area (Å²) < 4.78 is 4.71. The molecule has 1 aliphatic heterocycles. The molecule has 2 aromatic heterocycles. The normalized spacial score (nSPS) is 14.1. The monoisotopic (exact) mass is 716 g/mol. The predicted molar refractivity (Wildman–Crippen MR) is 234 cm³/mol. The third kappa shape index (κ3) is 5.34. The smallest absolute Gasteiger partial charge is 0.201 e. The average Bonchev–Trinajstić information content (AvgIpc) is 3.79. The van der Waals surface area contributed by atoms with E-state index in [-0.39, 0.29) is 6.29 Å². The van der Waals surface area contributed by atoms with Crippen LogP contribution in [0.1, 0.15) is 11.9 Å². The number of hydrogen-bond donors (Lipinski definition) is 1. The van der Waals surface area contributed by atoms with Crippen LogP contribution in [-0.2, 0) is 0 Å². The molecule has 0 fully saturated rings. The Hall–Kier alpha value is -7.43. The summed E-state index contributed by atoms with van der Waals surface area (Å²) in [4.78, 5) is 5.41. The molecule has 0 bridgehead atoms. The van der Waals surface area contributed by atoms with E-state index < -0.39 is 0 Å².